The van der Waals surface area contributed by atoms with Crippen LogP contribution in [0.1, 0.15) is 26.7 Å². The number of anilines is 1. The molecule has 0 saturated carbocycles. The molecule has 1 aromatic carbocycles. The van der Waals surface area contributed by atoms with Crippen molar-refractivity contribution in [1.29, 1.82) is 0 Å². The summed E-state index contributed by atoms with van der Waals surface area (Å²) in [6, 6.07) is 10.3. The second-order valence-electron chi connectivity index (χ2n) is 4.85. The van der Waals surface area contributed by atoms with Gasteiger partial charge >= 0.3 is 0 Å². The first-order valence-electron chi connectivity index (χ1n) is 7.44. The van der Waals surface area contributed by atoms with Crippen LogP contribution in [-0.4, -0.2) is 38.0 Å². The molecule has 5 nitrogen and oxygen atoms in total. The Bertz CT molecular complexity index is 434. The Labute approximate surface area is 126 Å². The average molecular weight is 291 g/mol. The van der Waals surface area contributed by atoms with Crippen molar-refractivity contribution in [3.63, 3.8) is 0 Å². The van der Waals surface area contributed by atoms with Gasteiger partial charge < -0.3 is 15.5 Å². The van der Waals surface area contributed by atoms with Crippen molar-refractivity contribution in [3.8, 4) is 0 Å². The van der Waals surface area contributed by atoms with Crippen LogP contribution in [0, 0.1) is 0 Å². The lowest BCUT2D eigenvalue weighted by atomic mass is 10.2. The minimum Gasteiger partial charge on any atom is -0.372 e. The van der Waals surface area contributed by atoms with Gasteiger partial charge in [-0.25, -0.2) is 0 Å². The number of rotatable bonds is 9. The van der Waals surface area contributed by atoms with Crippen molar-refractivity contribution >= 4 is 17.5 Å². The summed E-state index contributed by atoms with van der Waals surface area (Å²) < 4.78 is 0. The Balaban J connectivity index is 2.17. The number of hydrogen-bond acceptors (Lipinski definition) is 3. The topological polar surface area (TPSA) is 61.4 Å². The molecule has 1 aromatic rings. The molecule has 0 heterocycles. The third-order valence-corrected chi connectivity index (χ3v) is 3.16. The molecule has 1 rings (SSSR count). The van der Waals surface area contributed by atoms with Crippen LogP contribution in [0.15, 0.2) is 30.3 Å². The van der Waals surface area contributed by atoms with E-state index in [1.807, 2.05) is 18.2 Å². The quantitative estimate of drug-likeness (QED) is 0.679. The van der Waals surface area contributed by atoms with Crippen molar-refractivity contribution < 1.29 is 9.59 Å². The Morgan fingerprint density at radius 3 is 2.43 bits per heavy atom. The Kier molecular flexibility index (Phi) is 7.94. The first-order chi connectivity index (χ1) is 10.1. The maximum atomic E-state index is 11.5. The summed E-state index contributed by atoms with van der Waals surface area (Å²) in [4.78, 5) is 24.5. The van der Waals surface area contributed by atoms with Crippen molar-refractivity contribution in [1.82, 2.24) is 10.6 Å². The monoisotopic (exact) mass is 291 g/mol. The van der Waals surface area contributed by atoms with Crippen LogP contribution in [0.3, 0.4) is 0 Å². The fourth-order valence-corrected chi connectivity index (χ4v) is 2.05. The SMILES string of the molecule is CCN(CCCNC(=O)CCNC(C)=O)c1ccccc1. The third-order valence-electron chi connectivity index (χ3n) is 3.16. The van der Waals surface area contributed by atoms with E-state index in [0.29, 0.717) is 19.5 Å². The predicted molar refractivity (Wildman–Crippen MR) is 85.3 cm³/mol. The van der Waals surface area contributed by atoms with Crippen LogP contribution in [0.2, 0.25) is 0 Å². The lowest BCUT2D eigenvalue weighted by Gasteiger charge is -2.23. The largest absolute Gasteiger partial charge is 0.372 e. The second-order valence-corrected chi connectivity index (χ2v) is 4.85. The number of carbonyl (C=O) groups is 2. The highest BCUT2D eigenvalue weighted by Gasteiger charge is 2.04. The molecule has 0 aliphatic rings. The maximum Gasteiger partial charge on any atom is 0.221 e. The number of hydrogen-bond donors (Lipinski definition) is 2. The molecule has 0 saturated heterocycles. The molecule has 0 atom stereocenters. The molecular weight excluding hydrogens is 266 g/mol. The summed E-state index contributed by atoms with van der Waals surface area (Å²) in [6.45, 7) is 6.47. The van der Waals surface area contributed by atoms with E-state index in [1.54, 1.807) is 0 Å². The smallest absolute Gasteiger partial charge is 0.221 e. The van der Waals surface area contributed by atoms with Crippen LogP contribution >= 0.6 is 0 Å². The highest BCUT2D eigenvalue weighted by Crippen LogP contribution is 2.12. The highest BCUT2D eigenvalue weighted by atomic mass is 16.2. The Morgan fingerprint density at radius 1 is 1.10 bits per heavy atom. The van der Waals surface area contributed by atoms with Gasteiger partial charge in [-0.2, -0.15) is 0 Å². The zero-order valence-electron chi connectivity index (χ0n) is 12.9. The fourth-order valence-electron chi connectivity index (χ4n) is 2.05. The third kappa shape index (κ3) is 7.34. The van der Waals surface area contributed by atoms with E-state index in [2.05, 4.69) is 34.6 Å². The van der Waals surface area contributed by atoms with E-state index < -0.39 is 0 Å². The number of benzene rings is 1. The van der Waals surface area contributed by atoms with E-state index in [4.69, 9.17) is 0 Å². The van der Waals surface area contributed by atoms with E-state index in [0.717, 1.165) is 19.5 Å². The van der Waals surface area contributed by atoms with Crippen molar-refractivity contribution in [2.24, 2.45) is 0 Å². The lowest BCUT2D eigenvalue weighted by Crippen LogP contribution is -2.32. The Morgan fingerprint density at radius 2 is 1.81 bits per heavy atom. The minimum absolute atomic E-state index is 0.0218. The van der Waals surface area contributed by atoms with Gasteiger partial charge in [0.25, 0.3) is 0 Å². The van der Waals surface area contributed by atoms with Crippen LogP contribution in [0.25, 0.3) is 0 Å². The lowest BCUT2D eigenvalue weighted by molar-refractivity contribution is -0.121. The molecule has 0 unspecified atom stereocenters. The molecule has 21 heavy (non-hydrogen) atoms. The standard InChI is InChI=1S/C16H25N3O2/c1-3-19(15-8-5-4-6-9-15)13-7-11-18-16(21)10-12-17-14(2)20/h4-6,8-9H,3,7,10-13H2,1-2H3,(H,17,20)(H,18,21). The summed E-state index contributed by atoms with van der Waals surface area (Å²) in [5, 5.41) is 5.48. The zero-order chi connectivity index (χ0) is 15.5. The summed E-state index contributed by atoms with van der Waals surface area (Å²) in [5.41, 5.74) is 1.21. The van der Waals surface area contributed by atoms with Gasteiger partial charge in [-0.3, -0.25) is 9.59 Å². The molecule has 0 fully saturated rings. The summed E-state index contributed by atoms with van der Waals surface area (Å²) in [6.07, 6.45) is 1.23. The molecule has 2 amide bonds. The number of para-hydroxylation sites is 1. The normalized spacial score (nSPS) is 10.0. The second kappa shape index (κ2) is 9.80. The molecule has 116 valence electrons. The number of carbonyl (C=O) groups excluding carboxylic acids is 2. The molecular formula is C16H25N3O2. The number of amides is 2. The molecule has 0 aliphatic carbocycles. The van der Waals surface area contributed by atoms with Crippen molar-refractivity contribution in [3.05, 3.63) is 30.3 Å². The zero-order valence-corrected chi connectivity index (χ0v) is 12.9. The molecule has 0 aromatic heterocycles. The van der Waals surface area contributed by atoms with Gasteiger partial charge in [-0.05, 0) is 25.5 Å². The maximum absolute atomic E-state index is 11.5. The van der Waals surface area contributed by atoms with Gasteiger partial charge in [0, 0.05) is 45.2 Å². The van der Waals surface area contributed by atoms with Crippen LogP contribution < -0.4 is 15.5 Å². The molecule has 0 bridgehead atoms. The van der Waals surface area contributed by atoms with Gasteiger partial charge in [-0.1, -0.05) is 18.2 Å². The van der Waals surface area contributed by atoms with Gasteiger partial charge in [-0.15, -0.1) is 0 Å². The number of nitrogens with one attached hydrogen (secondary N) is 2. The molecule has 0 radical (unpaired) electrons. The highest BCUT2D eigenvalue weighted by molar-refractivity contribution is 5.77. The summed E-state index contributed by atoms with van der Waals surface area (Å²) in [7, 11) is 0. The van der Waals surface area contributed by atoms with Gasteiger partial charge in [0.1, 0.15) is 0 Å². The van der Waals surface area contributed by atoms with E-state index in [-0.39, 0.29) is 11.8 Å². The van der Waals surface area contributed by atoms with Crippen molar-refractivity contribution in [2.45, 2.75) is 26.7 Å². The summed E-state index contributed by atoms with van der Waals surface area (Å²) in [5.74, 6) is -0.129. The predicted octanol–water partition coefficient (Wildman–Crippen LogP) is 1.55. The van der Waals surface area contributed by atoms with Crippen LogP contribution in [-0.2, 0) is 9.59 Å². The molecule has 0 aliphatic heterocycles. The molecule has 2 N–H and O–H groups in total. The van der Waals surface area contributed by atoms with Crippen LogP contribution in [0.4, 0.5) is 5.69 Å². The number of nitrogens with zero attached hydrogens (tertiary/aromatic N) is 1. The van der Waals surface area contributed by atoms with Gasteiger partial charge in [0.2, 0.25) is 11.8 Å². The average Bonchev–Trinajstić information content (AvgIpc) is 2.48. The summed E-state index contributed by atoms with van der Waals surface area (Å²) >= 11 is 0. The van der Waals surface area contributed by atoms with Crippen LogP contribution in [0.5, 0.6) is 0 Å². The van der Waals surface area contributed by atoms with E-state index >= 15 is 0 Å². The first kappa shape index (κ1) is 17.0. The first-order valence-corrected chi connectivity index (χ1v) is 7.44. The van der Waals surface area contributed by atoms with E-state index in [1.165, 1.54) is 12.6 Å². The minimum atomic E-state index is -0.107. The van der Waals surface area contributed by atoms with Gasteiger partial charge in [0.15, 0.2) is 0 Å². The molecule has 0 spiro atoms. The molecule has 5 heteroatoms. The van der Waals surface area contributed by atoms with Crippen molar-refractivity contribution in [2.75, 3.05) is 31.1 Å². The fraction of sp³-hybridized carbons (Fsp3) is 0.500. The van der Waals surface area contributed by atoms with Gasteiger partial charge in [0.05, 0.1) is 0 Å². The Hall–Kier alpha value is -2.04. The van der Waals surface area contributed by atoms with E-state index in [9.17, 15) is 9.59 Å².